The van der Waals surface area contributed by atoms with E-state index in [1.54, 1.807) is 0 Å². The van der Waals surface area contributed by atoms with Crippen LogP contribution in [0, 0.1) is 0 Å². The van der Waals surface area contributed by atoms with Crippen LogP contribution in [0.2, 0.25) is 0 Å². The van der Waals surface area contributed by atoms with Gasteiger partial charge in [-0.25, -0.2) is 13.2 Å². The standard InChI is InChI=1S/C6H10ClNO3S/c1-2-3-6(7)4-12(10,11)8-5-9/h6H,2-4H2,1H3. The number of rotatable bonds is 5. The number of hydrogen-bond donors (Lipinski definition) is 0. The van der Waals surface area contributed by atoms with Gasteiger partial charge in [0.15, 0.2) is 0 Å². The van der Waals surface area contributed by atoms with Gasteiger partial charge in [0.25, 0.3) is 16.1 Å². The van der Waals surface area contributed by atoms with E-state index in [4.69, 9.17) is 11.6 Å². The smallest absolute Gasteiger partial charge is 0.210 e. The van der Waals surface area contributed by atoms with Crippen LogP contribution in [0.4, 0.5) is 0 Å². The second-order valence-electron chi connectivity index (χ2n) is 2.32. The molecule has 0 saturated carbocycles. The SMILES string of the molecule is CCCC(Cl)CS(=O)(=O)N=C=O. The lowest BCUT2D eigenvalue weighted by Gasteiger charge is -2.03. The number of hydrogen-bond acceptors (Lipinski definition) is 3. The van der Waals surface area contributed by atoms with Gasteiger partial charge in [0.2, 0.25) is 0 Å². The van der Waals surface area contributed by atoms with Crippen molar-refractivity contribution in [3.8, 4) is 0 Å². The lowest BCUT2D eigenvalue weighted by molar-refractivity contribution is 0.563. The highest BCUT2D eigenvalue weighted by Gasteiger charge is 2.15. The van der Waals surface area contributed by atoms with Crippen LogP contribution < -0.4 is 0 Å². The zero-order chi connectivity index (χ0) is 9.61. The Morgan fingerprint density at radius 1 is 1.58 bits per heavy atom. The number of carbonyl (C=O) groups excluding carboxylic acids is 1. The Morgan fingerprint density at radius 2 is 2.17 bits per heavy atom. The van der Waals surface area contributed by atoms with Crippen molar-refractivity contribution in [2.75, 3.05) is 5.75 Å². The van der Waals surface area contributed by atoms with Crippen LogP contribution in [0.1, 0.15) is 19.8 Å². The lowest BCUT2D eigenvalue weighted by Crippen LogP contribution is -2.13. The summed E-state index contributed by atoms with van der Waals surface area (Å²) in [7, 11) is -3.68. The van der Waals surface area contributed by atoms with Crippen LogP contribution in [0.15, 0.2) is 4.40 Å². The first-order valence-corrected chi connectivity index (χ1v) is 5.52. The molecule has 0 aliphatic carbocycles. The third kappa shape index (κ3) is 5.29. The largest absolute Gasteiger partial charge is 0.264 e. The molecule has 0 aromatic carbocycles. The van der Waals surface area contributed by atoms with Gasteiger partial charge >= 0.3 is 0 Å². The van der Waals surface area contributed by atoms with Gasteiger partial charge in [0.1, 0.15) is 0 Å². The number of halogens is 1. The topological polar surface area (TPSA) is 63.6 Å². The van der Waals surface area contributed by atoms with Gasteiger partial charge in [-0.1, -0.05) is 17.7 Å². The predicted molar refractivity (Wildman–Crippen MR) is 46.5 cm³/mol. The summed E-state index contributed by atoms with van der Waals surface area (Å²) in [6, 6.07) is 0. The van der Waals surface area contributed by atoms with Crippen LogP contribution >= 0.6 is 11.6 Å². The van der Waals surface area contributed by atoms with Crippen LogP contribution in [-0.2, 0) is 14.8 Å². The number of alkyl halides is 1. The van der Waals surface area contributed by atoms with E-state index < -0.39 is 15.4 Å². The molecule has 0 fully saturated rings. The lowest BCUT2D eigenvalue weighted by atomic mass is 10.3. The van der Waals surface area contributed by atoms with Crippen LogP contribution in [-0.4, -0.2) is 25.6 Å². The van der Waals surface area contributed by atoms with Crippen LogP contribution in [0.25, 0.3) is 0 Å². The molecule has 0 heterocycles. The number of nitrogens with zero attached hydrogens (tertiary/aromatic N) is 1. The van der Waals surface area contributed by atoms with Crippen LogP contribution in [0.5, 0.6) is 0 Å². The average Bonchev–Trinajstić information content (AvgIpc) is 1.85. The van der Waals surface area contributed by atoms with Gasteiger partial charge in [-0.15, -0.1) is 11.6 Å². The van der Waals surface area contributed by atoms with Crippen molar-refractivity contribution in [1.82, 2.24) is 0 Å². The van der Waals surface area contributed by atoms with Crippen molar-refractivity contribution in [2.45, 2.75) is 25.1 Å². The molecule has 0 spiro atoms. The Kier molecular flexibility index (Phi) is 5.13. The zero-order valence-corrected chi connectivity index (χ0v) is 8.23. The molecule has 0 radical (unpaired) electrons. The minimum Gasteiger partial charge on any atom is -0.210 e. The summed E-state index contributed by atoms with van der Waals surface area (Å²) in [5, 5.41) is -0.475. The maximum absolute atomic E-state index is 10.8. The quantitative estimate of drug-likeness (QED) is 0.388. The van der Waals surface area contributed by atoms with Crippen molar-refractivity contribution in [3.05, 3.63) is 0 Å². The van der Waals surface area contributed by atoms with E-state index in [0.29, 0.717) is 6.42 Å². The summed E-state index contributed by atoms with van der Waals surface area (Å²) < 4.78 is 24.3. The van der Waals surface area contributed by atoms with Crippen molar-refractivity contribution in [1.29, 1.82) is 0 Å². The molecule has 6 heteroatoms. The van der Waals surface area contributed by atoms with Gasteiger partial charge in [-0.2, -0.15) is 0 Å². The third-order valence-electron chi connectivity index (χ3n) is 1.17. The molecule has 0 aromatic rings. The average molecular weight is 212 g/mol. The summed E-state index contributed by atoms with van der Waals surface area (Å²) in [4.78, 5) is 9.65. The number of isocyanates is 1. The molecule has 4 nitrogen and oxygen atoms in total. The second-order valence-corrected chi connectivity index (χ2v) is 4.61. The van der Waals surface area contributed by atoms with Gasteiger partial charge in [0, 0.05) is 5.38 Å². The van der Waals surface area contributed by atoms with E-state index in [1.807, 2.05) is 6.92 Å². The first-order valence-electron chi connectivity index (χ1n) is 3.47. The Balaban J connectivity index is 4.16. The Labute approximate surface area is 76.7 Å². The minimum atomic E-state index is -3.68. The highest BCUT2D eigenvalue weighted by molar-refractivity contribution is 7.90. The van der Waals surface area contributed by atoms with Crippen molar-refractivity contribution in [2.24, 2.45) is 4.40 Å². The monoisotopic (exact) mass is 211 g/mol. The Hall–Kier alpha value is -0.380. The van der Waals surface area contributed by atoms with Crippen molar-refractivity contribution >= 4 is 27.7 Å². The molecule has 0 aliphatic rings. The Morgan fingerprint density at radius 3 is 2.58 bits per heavy atom. The summed E-state index contributed by atoms with van der Waals surface area (Å²) in [5.41, 5.74) is 0. The molecule has 0 bridgehead atoms. The molecule has 1 atom stereocenters. The van der Waals surface area contributed by atoms with E-state index in [-0.39, 0.29) is 5.75 Å². The van der Waals surface area contributed by atoms with E-state index in [0.717, 1.165) is 12.5 Å². The van der Waals surface area contributed by atoms with Gasteiger partial charge in [-0.05, 0) is 6.42 Å². The first-order chi connectivity index (χ1) is 5.52. The van der Waals surface area contributed by atoms with E-state index >= 15 is 0 Å². The van der Waals surface area contributed by atoms with E-state index in [2.05, 4.69) is 4.40 Å². The second kappa shape index (κ2) is 5.30. The Bertz CT molecular complexity index is 269. The summed E-state index contributed by atoms with van der Waals surface area (Å²) in [6.07, 6.45) is 2.38. The van der Waals surface area contributed by atoms with Gasteiger partial charge in [0.05, 0.1) is 5.75 Å². The zero-order valence-electron chi connectivity index (χ0n) is 6.66. The molecular formula is C6H10ClNO3S. The third-order valence-corrected chi connectivity index (χ3v) is 2.90. The fraction of sp³-hybridized carbons (Fsp3) is 0.833. The molecule has 0 saturated heterocycles. The molecule has 0 aliphatic heterocycles. The molecule has 0 aromatic heterocycles. The van der Waals surface area contributed by atoms with E-state index in [9.17, 15) is 13.2 Å². The molecule has 1 unspecified atom stereocenters. The highest BCUT2D eigenvalue weighted by Crippen LogP contribution is 2.08. The predicted octanol–water partition coefficient (Wildman–Crippen LogP) is 1.06. The maximum atomic E-state index is 10.8. The van der Waals surface area contributed by atoms with Crippen molar-refractivity contribution in [3.63, 3.8) is 0 Å². The number of sulfonamides is 1. The van der Waals surface area contributed by atoms with E-state index in [1.165, 1.54) is 0 Å². The summed E-state index contributed by atoms with van der Waals surface area (Å²) in [6.45, 7) is 1.89. The normalized spacial score (nSPS) is 13.5. The van der Waals surface area contributed by atoms with Gasteiger partial charge in [-0.3, -0.25) is 0 Å². The molecule has 12 heavy (non-hydrogen) atoms. The first kappa shape index (κ1) is 11.6. The fourth-order valence-electron chi connectivity index (χ4n) is 0.719. The molecule has 0 rings (SSSR count). The van der Waals surface area contributed by atoms with Crippen molar-refractivity contribution < 1.29 is 13.2 Å². The molecule has 0 N–H and O–H groups in total. The molecular weight excluding hydrogens is 202 g/mol. The molecule has 70 valence electrons. The summed E-state index contributed by atoms with van der Waals surface area (Å²) in [5.74, 6) is -0.294. The maximum Gasteiger partial charge on any atom is 0.264 e. The van der Waals surface area contributed by atoms with Crippen LogP contribution in [0.3, 0.4) is 0 Å². The highest BCUT2D eigenvalue weighted by atomic mass is 35.5. The molecule has 0 amide bonds. The minimum absolute atomic E-state index is 0.294. The summed E-state index contributed by atoms with van der Waals surface area (Å²) >= 11 is 5.63. The fourth-order valence-corrected chi connectivity index (χ4v) is 2.23. The van der Waals surface area contributed by atoms with Gasteiger partial charge < -0.3 is 0 Å².